The highest BCUT2D eigenvalue weighted by Gasteiger charge is 2.11. The maximum absolute atomic E-state index is 11.4. The van der Waals surface area contributed by atoms with Crippen molar-refractivity contribution in [1.29, 1.82) is 0 Å². The molecule has 4 heteroatoms. The van der Waals surface area contributed by atoms with Crippen LogP contribution in [0.3, 0.4) is 0 Å². The monoisotopic (exact) mass is 243 g/mol. The Morgan fingerprint density at radius 3 is 2.39 bits per heavy atom. The molecule has 0 fully saturated rings. The molecule has 0 bridgehead atoms. The van der Waals surface area contributed by atoms with Crippen molar-refractivity contribution in [1.82, 2.24) is 0 Å². The van der Waals surface area contributed by atoms with Gasteiger partial charge in [-0.25, -0.2) is 0 Å². The Balaban J connectivity index is 2.35. The average Bonchev–Trinajstić information content (AvgIpc) is 2.40. The lowest BCUT2D eigenvalue weighted by atomic mass is 10.2. The summed E-state index contributed by atoms with van der Waals surface area (Å²) in [4.78, 5) is 11.4. The van der Waals surface area contributed by atoms with E-state index in [1.54, 1.807) is 30.3 Å². The number of primary amides is 1. The van der Waals surface area contributed by atoms with Gasteiger partial charge in [0.15, 0.2) is 0 Å². The zero-order chi connectivity index (χ0) is 13.0. The molecule has 0 unspecified atom stereocenters. The molecule has 0 aromatic heterocycles. The molecule has 0 saturated carbocycles. The van der Waals surface area contributed by atoms with Crippen molar-refractivity contribution in [2.24, 2.45) is 5.73 Å². The van der Waals surface area contributed by atoms with Crippen molar-refractivity contribution in [3.05, 3.63) is 54.1 Å². The van der Waals surface area contributed by atoms with Gasteiger partial charge in [-0.2, -0.15) is 0 Å². The second kappa shape index (κ2) is 5.23. The fourth-order valence-corrected chi connectivity index (χ4v) is 1.53. The molecule has 0 saturated heterocycles. The first kappa shape index (κ1) is 12.0. The van der Waals surface area contributed by atoms with Gasteiger partial charge >= 0.3 is 0 Å². The Morgan fingerprint density at radius 1 is 1.06 bits per heavy atom. The molecule has 2 aromatic rings. The summed E-state index contributed by atoms with van der Waals surface area (Å²) in [5.41, 5.74) is 5.61. The predicted octanol–water partition coefficient (Wildman–Crippen LogP) is 2.59. The number of benzene rings is 2. The summed E-state index contributed by atoms with van der Waals surface area (Å²) >= 11 is 0. The standard InChI is InChI=1S/C14H13NO3/c1-17-11-7-8-13(12(9-11)14(15)16)18-10-5-3-2-4-6-10/h2-9H,1H3,(H2,15,16). The topological polar surface area (TPSA) is 61.6 Å². The number of carbonyl (C=O) groups excluding carboxylic acids is 1. The van der Waals surface area contributed by atoms with Crippen molar-refractivity contribution >= 4 is 5.91 Å². The number of ether oxygens (including phenoxy) is 2. The average molecular weight is 243 g/mol. The van der Waals surface area contributed by atoms with Crippen molar-refractivity contribution in [3.8, 4) is 17.2 Å². The minimum absolute atomic E-state index is 0.290. The first-order valence-electron chi connectivity index (χ1n) is 5.41. The van der Waals surface area contributed by atoms with E-state index in [4.69, 9.17) is 15.2 Å². The molecule has 92 valence electrons. The summed E-state index contributed by atoms with van der Waals surface area (Å²) in [5.74, 6) is 1.06. The number of hydrogen-bond donors (Lipinski definition) is 1. The van der Waals surface area contributed by atoms with Gasteiger partial charge in [-0.1, -0.05) is 18.2 Å². The largest absolute Gasteiger partial charge is 0.497 e. The van der Waals surface area contributed by atoms with Gasteiger partial charge in [0.25, 0.3) is 5.91 Å². The van der Waals surface area contributed by atoms with Crippen LogP contribution in [0.15, 0.2) is 48.5 Å². The maximum Gasteiger partial charge on any atom is 0.252 e. The lowest BCUT2D eigenvalue weighted by Gasteiger charge is -2.10. The summed E-state index contributed by atoms with van der Waals surface area (Å²) < 4.78 is 10.7. The third-order valence-corrected chi connectivity index (χ3v) is 2.42. The first-order chi connectivity index (χ1) is 8.70. The molecular weight excluding hydrogens is 230 g/mol. The summed E-state index contributed by atoms with van der Waals surface area (Å²) in [6.45, 7) is 0. The van der Waals surface area contributed by atoms with Crippen molar-refractivity contribution in [2.45, 2.75) is 0 Å². The van der Waals surface area contributed by atoms with Crippen LogP contribution in [0.4, 0.5) is 0 Å². The quantitative estimate of drug-likeness (QED) is 0.897. The summed E-state index contributed by atoms with van der Waals surface area (Å²) in [7, 11) is 1.53. The van der Waals surface area contributed by atoms with E-state index in [9.17, 15) is 4.79 Å². The Hall–Kier alpha value is -2.49. The van der Waals surface area contributed by atoms with E-state index in [2.05, 4.69) is 0 Å². The Bertz CT molecular complexity index is 552. The Morgan fingerprint density at radius 2 is 1.78 bits per heavy atom. The summed E-state index contributed by atoms with van der Waals surface area (Å²) in [6.07, 6.45) is 0. The van der Waals surface area contributed by atoms with E-state index in [0.29, 0.717) is 22.8 Å². The fourth-order valence-electron chi connectivity index (χ4n) is 1.53. The SMILES string of the molecule is COc1ccc(Oc2ccccc2)c(C(N)=O)c1. The smallest absolute Gasteiger partial charge is 0.252 e. The van der Waals surface area contributed by atoms with Gasteiger partial charge < -0.3 is 15.2 Å². The highest BCUT2D eigenvalue weighted by Crippen LogP contribution is 2.28. The summed E-state index contributed by atoms with van der Waals surface area (Å²) in [5, 5.41) is 0. The number of rotatable bonds is 4. The van der Waals surface area contributed by atoms with E-state index in [-0.39, 0.29) is 0 Å². The molecule has 1 amide bonds. The first-order valence-corrected chi connectivity index (χ1v) is 5.41. The molecule has 0 aliphatic rings. The minimum Gasteiger partial charge on any atom is -0.497 e. The molecule has 2 rings (SSSR count). The third kappa shape index (κ3) is 2.60. The Kier molecular flexibility index (Phi) is 3.48. The highest BCUT2D eigenvalue weighted by molar-refractivity contribution is 5.96. The number of carbonyl (C=O) groups is 1. The van der Waals surface area contributed by atoms with Crippen molar-refractivity contribution < 1.29 is 14.3 Å². The number of amides is 1. The van der Waals surface area contributed by atoms with E-state index in [0.717, 1.165) is 0 Å². The van der Waals surface area contributed by atoms with Crippen molar-refractivity contribution in [3.63, 3.8) is 0 Å². The number of hydrogen-bond acceptors (Lipinski definition) is 3. The van der Waals surface area contributed by atoms with Gasteiger partial charge in [0, 0.05) is 0 Å². The minimum atomic E-state index is -0.556. The normalized spacial score (nSPS) is 9.83. The van der Waals surface area contributed by atoms with Gasteiger partial charge in [0.05, 0.1) is 12.7 Å². The lowest BCUT2D eigenvalue weighted by Crippen LogP contribution is -2.12. The summed E-state index contributed by atoms with van der Waals surface area (Å²) in [6, 6.07) is 14.1. The van der Waals surface area contributed by atoms with E-state index < -0.39 is 5.91 Å². The van der Waals surface area contributed by atoms with E-state index in [1.165, 1.54) is 7.11 Å². The Labute approximate surface area is 105 Å². The van der Waals surface area contributed by atoms with Gasteiger partial charge in [-0.3, -0.25) is 4.79 Å². The lowest BCUT2D eigenvalue weighted by molar-refractivity contribution is 0.0997. The zero-order valence-electron chi connectivity index (χ0n) is 9.92. The predicted molar refractivity (Wildman–Crippen MR) is 68.0 cm³/mol. The second-order valence-electron chi connectivity index (χ2n) is 3.64. The van der Waals surface area contributed by atoms with E-state index in [1.807, 2.05) is 18.2 Å². The molecular formula is C14H13NO3. The second-order valence-corrected chi connectivity index (χ2v) is 3.64. The third-order valence-electron chi connectivity index (χ3n) is 2.42. The molecule has 4 nitrogen and oxygen atoms in total. The number of methoxy groups -OCH3 is 1. The van der Waals surface area contributed by atoms with Crippen LogP contribution in [-0.2, 0) is 0 Å². The van der Waals surface area contributed by atoms with Crippen LogP contribution in [0, 0.1) is 0 Å². The van der Waals surface area contributed by atoms with Gasteiger partial charge in [0.2, 0.25) is 0 Å². The molecule has 0 radical (unpaired) electrons. The maximum atomic E-state index is 11.4. The van der Waals surface area contributed by atoms with Gasteiger partial charge in [0.1, 0.15) is 17.2 Å². The zero-order valence-corrected chi connectivity index (χ0v) is 9.92. The highest BCUT2D eigenvalue weighted by atomic mass is 16.5. The van der Waals surface area contributed by atoms with Crippen LogP contribution < -0.4 is 15.2 Å². The van der Waals surface area contributed by atoms with Crippen molar-refractivity contribution in [2.75, 3.05) is 7.11 Å². The number of para-hydroxylation sites is 1. The molecule has 18 heavy (non-hydrogen) atoms. The van der Waals surface area contributed by atoms with Crippen LogP contribution in [0.2, 0.25) is 0 Å². The molecule has 0 heterocycles. The van der Waals surface area contributed by atoms with Gasteiger partial charge in [-0.05, 0) is 30.3 Å². The van der Waals surface area contributed by atoms with Gasteiger partial charge in [-0.15, -0.1) is 0 Å². The van der Waals surface area contributed by atoms with Crippen LogP contribution in [0.25, 0.3) is 0 Å². The molecule has 0 aliphatic carbocycles. The van der Waals surface area contributed by atoms with E-state index >= 15 is 0 Å². The van der Waals surface area contributed by atoms with Crippen LogP contribution >= 0.6 is 0 Å². The fraction of sp³-hybridized carbons (Fsp3) is 0.0714. The number of nitrogens with two attached hydrogens (primary N) is 1. The molecule has 0 atom stereocenters. The molecule has 0 spiro atoms. The molecule has 2 aromatic carbocycles. The molecule has 0 aliphatic heterocycles. The van der Waals surface area contributed by atoms with Crippen LogP contribution in [-0.4, -0.2) is 13.0 Å². The van der Waals surface area contributed by atoms with Crippen LogP contribution in [0.5, 0.6) is 17.2 Å². The molecule has 2 N–H and O–H groups in total. The van der Waals surface area contributed by atoms with Crippen LogP contribution in [0.1, 0.15) is 10.4 Å².